The van der Waals surface area contributed by atoms with E-state index in [1.807, 2.05) is 26.8 Å². The summed E-state index contributed by atoms with van der Waals surface area (Å²) in [4.78, 5) is 13.1. The van der Waals surface area contributed by atoms with Crippen LogP contribution in [0, 0.1) is 20.8 Å². The number of hydrogen-bond donors (Lipinski definition) is 2. The Labute approximate surface area is 202 Å². The van der Waals surface area contributed by atoms with E-state index in [9.17, 15) is 13.2 Å². The largest absolute Gasteiger partial charge is 0.346 e. The maximum absolute atomic E-state index is 13.1. The van der Waals surface area contributed by atoms with Gasteiger partial charge in [0.2, 0.25) is 0 Å². The van der Waals surface area contributed by atoms with Gasteiger partial charge in [0.1, 0.15) is 0 Å². The summed E-state index contributed by atoms with van der Waals surface area (Å²) < 4.78 is 28.9. The normalized spacial score (nSPS) is 14.2. The lowest BCUT2D eigenvalue weighted by Crippen LogP contribution is -2.27. The second-order valence-corrected chi connectivity index (χ2v) is 11.0. The number of nitrogens with one attached hydrogen (secondary N) is 2. The first-order valence-corrected chi connectivity index (χ1v) is 13.3. The first-order valence-electron chi connectivity index (χ1n) is 11.8. The predicted octanol–water partition coefficient (Wildman–Crippen LogP) is 5.78. The molecule has 0 aromatic heterocycles. The standard InChI is InChI=1S/C28H32N2O3S/c1-18-10-14-26(15-20(18)3)30-34(32,33)27-17-25(11-9-19(27)2)28(31)29-21(4)23-13-12-22-7-5-6-8-24(22)16-23/h9-17,21,30H,5-8H2,1-4H3,(H,29,31)/t21-/m1/s1. The Morgan fingerprint density at radius 2 is 1.53 bits per heavy atom. The van der Waals surface area contributed by atoms with Gasteiger partial charge in [-0.15, -0.1) is 0 Å². The van der Waals surface area contributed by atoms with Crippen LogP contribution in [0.4, 0.5) is 5.69 Å². The summed E-state index contributed by atoms with van der Waals surface area (Å²) in [5.74, 6) is -0.298. The smallest absolute Gasteiger partial charge is 0.262 e. The highest BCUT2D eigenvalue weighted by Crippen LogP contribution is 2.26. The highest BCUT2D eigenvalue weighted by Gasteiger charge is 2.21. The van der Waals surface area contributed by atoms with Crippen molar-refractivity contribution >= 4 is 21.6 Å². The molecular formula is C28H32N2O3S. The Bertz CT molecular complexity index is 1350. The van der Waals surface area contributed by atoms with Gasteiger partial charge in [-0.05, 0) is 111 Å². The van der Waals surface area contributed by atoms with Gasteiger partial charge in [0.15, 0.2) is 0 Å². The molecule has 0 saturated heterocycles. The number of sulfonamides is 1. The molecule has 0 aliphatic heterocycles. The Morgan fingerprint density at radius 3 is 2.26 bits per heavy atom. The van der Waals surface area contributed by atoms with Crippen molar-refractivity contribution in [3.63, 3.8) is 0 Å². The fraction of sp³-hybridized carbons (Fsp3) is 0.321. The Hall–Kier alpha value is -3.12. The van der Waals surface area contributed by atoms with Gasteiger partial charge in [-0.2, -0.15) is 0 Å². The zero-order chi connectivity index (χ0) is 24.5. The van der Waals surface area contributed by atoms with Crippen LogP contribution < -0.4 is 10.0 Å². The number of benzene rings is 3. The Morgan fingerprint density at radius 1 is 0.824 bits per heavy atom. The number of fused-ring (bicyclic) bond motifs is 1. The average Bonchev–Trinajstić information content (AvgIpc) is 2.81. The molecule has 1 atom stereocenters. The monoisotopic (exact) mass is 476 g/mol. The second kappa shape index (κ2) is 9.63. The molecule has 0 spiro atoms. The number of carbonyl (C=O) groups is 1. The van der Waals surface area contributed by atoms with E-state index < -0.39 is 10.0 Å². The van der Waals surface area contributed by atoms with E-state index in [-0.39, 0.29) is 16.8 Å². The summed E-state index contributed by atoms with van der Waals surface area (Å²) in [5.41, 5.74) is 7.31. The number of aryl methyl sites for hydroxylation is 5. The number of amides is 1. The first kappa shape index (κ1) is 24.0. The molecule has 178 valence electrons. The molecule has 6 heteroatoms. The number of hydrogen-bond acceptors (Lipinski definition) is 3. The lowest BCUT2D eigenvalue weighted by Gasteiger charge is -2.20. The van der Waals surface area contributed by atoms with Crippen LogP contribution in [-0.4, -0.2) is 14.3 Å². The van der Waals surface area contributed by atoms with Gasteiger partial charge >= 0.3 is 0 Å². The average molecular weight is 477 g/mol. The lowest BCUT2D eigenvalue weighted by atomic mass is 9.89. The highest BCUT2D eigenvalue weighted by atomic mass is 32.2. The van der Waals surface area contributed by atoms with E-state index >= 15 is 0 Å². The van der Waals surface area contributed by atoms with Crippen molar-refractivity contribution in [3.05, 3.63) is 93.5 Å². The van der Waals surface area contributed by atoms with Gasteiger partial charge in [0, 0.05) is 11.3 Å². The highest BCUT2D eigenvalue weighted by molar-refractivity contribution is 7.92. The fourth-order valence-corrected chi connectivity index (χ4v) is 5.75. The minimum atomic E-state index is -3.85. The zero-order valence-corrected chi connectivity index (χ0v) is 21.1. The molecule has 3 aromatic rings. The van der Waals surface area contributed by atoms with Crippen LogP contribution in [0.2, 0.25) is 0 Å². The van der Waals surface area contributed by atoms with Gasteiger partial charge in [0.05, 0.1) is 10.9 Å². The molecule has 5 nitrogen and oxygen atoms in total. The van der Waals surface area contributed by atoms with E-state index in [4.69, 9.17) is 0 Å². The second-order valence-electron chi connectivity index (χ2n) is 9.32. The van der Waals surface area contributed by atoms with Crippen LogP contribution in [-0.2, 0) is 22.9 Å². The molecule has 34 heavy (non-hydrogen) atoms. The molecule has 4 rings (SSSR count). The van der Waals surface area contributed by atoms with Gasteiger partial charge in [0.25, 0.3) is 15.9 Å². The maximum atomic E-state index is 13.1. The third-order valence-corrected chi connectivity index (χ3v) is 8.24. The summed E-state index contributed by atoms with van der Waals surface area (Å²) in [6, 6.07) is 16.5. The van der Waals surface area contributed by atoms with Crippen molar-refractivity contribution in [3.8, 4) is 0 Å². The lowest BCUT2D eigenvalue weighted by molar-refractivity contribution is 0.0939. The quantitative estimate of drug-likeness (QED) is 0.473. The van der Waals surface area contributed by atoms with Crippen molar-refractivity contribution in [2.24, 2.45) is 0 Å². The van der Waals surface area contributed by atoms with Crippen LogP contribution in [0.15, 0.2) is 59.5 Å². The molecule has 0 saturated carbocycles. The van der Waals surface area contributed by atoms with Crippen LogP contribution >= 0.6 is 0 Å². The molecule has 0 bridgehead atoms. The third kappa shape index (κ3) is 5.17. The predicted molar refractivity (Wildman–Crippen MR) is 137 cm³/mol. The van der Waals surface area contributed by atoms with Crippen molar-refractivity contribution in [1.82, 2.24) is 5.32 Å². The topological polar surface area (TPSA) is 75.3 Å². The molecule has 2 N–H and O–H groups in total. The fourth-order valence-electron chi connectivity index (χ4n) is 4.43. The van der Waals surface area contributed by atoms with Crippen molar-refractivity contribution in [2.45, 2.75) is 64.3 Å². The maximum Gasteiger partial charge on any atom is 0.262 e. The molecule has 0 radical (unpaired) electrons. The van der Waals surface area contributed by atoms with Gasteiger partial charge < -0.3 is 5.32 Å². The van der Waals surface area contributed by atoms with E-state index in [0.29, 0.717) is 16.8 Å². The van der Waals surface area contributed by atoms with E-state index in [1.54, 1.807) is 31.2 Å². The number of carbonyl (C=O) groups excluding carboxylic acids is 1. The van der Waals surface area contributed by atoms with Crippen LogP contribution in [0.3, 0.4) is 0 Å². The first-order chi connectivity index (χ1) is 16.1. The summed E-state index contributed by atoms with van der Waals surface area (Å²) in [5, 5.41) is 3.03. The van der Waals surface area contributed by atoms with Crippen molar-refractivity contribution < 1.29 is 13.2 Å². The molecule has 1 amide bonds. The minimum Gasteiger partial charge on any atom is -0.346 e. The van der Waals surface area contributed by atoms with E-state index in [1.165, 1.54) is 30.0 Å². The van der Waals surface area contributed by atoms with Crippen molar-refractivity contribution in [1.29, 1.82) is 0 Å². The number of rotatable bonds is 6. The SMILES string of the molecule is Cc1ccc(NS(=O)(=O)c2cc(C(=O)N[C@H](C)c3ccc4c(c3)CCCC4)ccc2C)cc1C. The molecule has 0 unspecified atom stereocenters. The molecule has 0 fully saturated rings. The van der Waals surface area contributed by atoms with Crippen LogP contribution in [0.25, 0.3) is 0 Å². The Balaban J connectivity index is 1.53. The van der Waals surface area contributed by atoms with Gasteiger partial charge in [-0.3, -0.25) is 9.52 Å². The van der Waals surface area contributed by atoms with Crippen LogP contribution in [0.1, 0.15) is 69.5 Å². The Kier molecular flexibility index (Phi) is 6.80. The van der Waals surface area contributed by atoms with Gasteiger partial charge in [-0.25, -0.2) is 8.42 Å². The molecule has 1 aliphatic rings. The molecule has 1 aliphatic carbocycles. The molecule has 3 aromatic carbocycles. The van der Waals surface area contributed by atoms with E-state index in [0.717, 1.165) is 29.5 Å². The van der Waals surface area contributed by atoms with Crippen molar-refractivity contribution in [2.75, 3.05) is 4.72 Å². The zero-order valence-electron chi connectivity index (χ0n) is 20.2. The minimum absolute atomic E-state index is 0.0970. The summed E-state index contributed by atoms with van der Waals surface area (Å²) >= 11 is 0. The van der Waals surface area contributed by atoms with Gasteiger partial charge in [-0.1, -0.05) is 30.3 Å². The summed E-state index contributed by atoms with van der Waals surface area (Å²) in [6.45, 7) is 7.60. The molecule has 0 heterocycles. The summed E-state index contributed by atoms with van der Waals surface area (Å²) in [6.07, 6.45) is 4.63. The third-order valence-electron chi connectivity index (χ3n) is 6.72. The van der Waals surface area contributed by atoms with Crippen LogP contribution in [0.5, 0.6) is 0 Å². The van der Waals surface area contributed by atoms with E-state index in [2.05, 4.69) is 28.2 Å². The number of anilines is 1. The molecular weight excluding hydrogens is 444 g/mol. The summed E-state index contributed by atoms with van der Waals surface area (Å²) in [7, 11) is -3.85.